The van der Waals surface area contributed by atoms with E-state index >= 15 is 0 Å². The monoisotopic (exact) mass is 441 g/mol. The highest BCUT2D eigenvalue weighted by atomic mass is 16.4. The van der Waals surface area contributed by atoms with Crippen molar-refractivity contribution < 1.29 is 34.2 Å². The molecule has 0 atom stereocenters. The Balaban J connectivity index is 4.98. The highest BCUT2D eigenvalue weighted by Crippen LogP contribution is 2.17. The van der Waals surface area contributed by atoms with E-state index in [-0.39, 0.29) is 19.3 Å². The van der Waals surface area contributed by atoms with Gasteiger partial charge in [0, 0.05) is 18.8 Å². The number of allylic oxidation sites excluding steroid dienone is 1. The van der Waals surface area contributed by atoms with E-state index in [0.717, 1.165) is 56.3 Å². The molecule has 0 saturated carbocycles. The van der Waals surface area contributed by atoms with Crippen molar-refractivity contribution in [3.05, 3.63) is 12.2 Å². The van der Waals surface area contributed by atoms with E-state index in [1.165, 1.54) is 25.7 Å². The number of hydrogen-bond acceptors (Lipinski definition) is 4. The minimum absolute atomic E-state index is 0.0469. The molecule has 7 heteroatoms. The van der Waals surface area contributed by atoms with Gasteiger partial charge in [-0.15, -0.1) is 0 Å². The van der Waals surface area contributed by atoms with Gasteiger partial charge in [-0.1, -0.05) is 32.3 Å². The van der Waals surface area contributed by atoms with Crippen molar-refractivity contribution in [1.29, 1.82) is 0 Å². The zero-order valence-corrected chi connectivity index (χ0v) is 19.4. The van der Waals surface area contributed by atoms with Crippen molar-refractivity contribution in [2.75, 3.05) is 26.2 Å². The smallest absolute Gasteiger partial charge is 0.303 e. The van der Waals surface area contributed by atoms with Crippen LogP contribution in [0.25, 0.3) is 0 Å². The normalized spacial score (nSPS) is 11.8. The molecule has 7 nitrogen and oxygen atoms in total. The van der Waals surface area contributed by atoms with Crippen LogP contribution in [0.4, 0.5) is 0 Å². The topological polar surface area (TPSA) is 115 Å². The molecule has 0 aromatic carbocycles. The Hall–Kier alpha value is -1.89. The van der Waals surface area contributed by atoms with Crippen LogP contribution in [0.2, 0.25) is 0 Å². The van der Waals surface area contributed by atoms with Crippen LogP contribution in [0.15, 0.2) is 12.2 Å². The van der Waals surface area contributed by atoms with Crippen LogP contribution >= 0.6 is 0 Å². The molecule has 0 unspecified atom stereocenters. The van der Waals surface area contributed by atoms with E-state index in [4.69, 9.17) is 10.2 Å². The first-order chi connectivity index (χ1) is 14.8. The summed E-state index contributed by atoms with van der Waals surface area (Å²) in [6.45, 7) is 5.47. The Morgan fingerprint density at radius 3 is 1.68 bits per heavy atom. The fourth-order valence-electron chi connectivity index (χ4n) is 3.88. The van der Waals surface area contributed by atoms with E-state index < -0.39 is 17.9 Å². The molecule has 0 aliphatic carbocycles. The van der Waals surface area contributed by atoms with Crippen LogP contribution in [-0.2, 0) is 14.4 Å². The molecule has 180 valence electrons. The van der Waals surface area contributed by atoms with Crippen molar-refractivity contribution in [2.24, 2.45) is 0 Å². The summed E-state index contributed by atoms with van der Waals surface area (Å²) in [4.78, 5) is 32.5. The van der Waals surface area contributed by atoms with Gasteiger partial charge in [0.25, 0.3) is 0 Å². The lowest BCUT2D eigenvalue weighted by molar-refractivity contribution is -0.923. The molecular formula is C24H43NO6. The van der Waals surface area contributed by atoms with Crippen LogP contribution in [0.3, 0.4) is 0 Å². The zero-order valence-electron chi connectivity index (χ0n) is 19.4. The molecule has 0 aromatic heterocycles. The fraction of sp³-hybridized carbons (Fsp3) is 0.792. The molecule has 0 bridgehead atoms. The molecule has 0 saturated heterocycles. The minimum atomic E-state index is -1.03. The number of nitrogens with zero attached hydrogens (tertiary/aromatic N) is 1. The number of carbonyl (C=O) groups is 3. The molecule has 0 fully saturated rings. The number of carboxylic acids is 3. The SMILES string of the molecule is CCCCCC/C=C/C[N+](CCCCC(=O)[O-])(CCCCC(=O)O)CCCCC(=O)O. The van der Waals surface area contributed by atoms with Crippen molar-refractivity contribution >= 4 is 17.9 Å². The van der Waals surface area contributed by atoms with Gasteiger partial charge in [0.1, 0.15) is 0 Å². The van der Waals surface area contributed by atoms with Gasteiger partial charge >= 0.3 is 11.9 Å². The van der Waals surface area contributed by atoms with E-state index in [1.807, 2.05) is 0 Å². The number of rotatable bonds is 22. The fourth-order valence-corrected chi connectivity index (χ4v) is 3.88. The molecule has 0 aliphatic rings. The molecule has 0 spiro atoms. The zero-order chi connectivity index (χ0) is 23.4. The van der Waals surface area contributed by atoms with Crippen molar-refractivity contribution in [3.8, 4) is 0 Å². The van der Waals surface area contributed by atoms with Gasteiger partial charge in [-0.25, -0.2) is 0 Å². The Morgan fingerprint density at radius 2 is 1.23 bits per heavy atom. The molecule has 0 rings (SSSR count). The average molecular weight is 442 g/mol. The Morgan fingerprint density at radius 1 is 0.710 bits per heavy atom. The predicted octanol–water partition coefficient (Wildman–Crippen LogP) is 3.76. The third-order valence-corrected chi connectivity index (χ3v) is 5.69. The van der Waals surface area contributed by atoms with Gasteiger partial charge in [0.2, 0.25) is 0 Å². The molecular weight excluding hydrogens is 398 g/mol. The van der Waals surface area contributed by atoms with Crippen LogP contribution < -0.4 is 5.11 Å². The lowest BCUT2D eigenvalue weighted by Gasteiger charge is -2.38. The maximum absolute atomic E-state index is 10.9. The highest BCUT2D eigenvalue weighted by molar-refractivity contribution is 5.66. The van der Waals surface area contributed by atoms with Crippen molar-refractivity contribution in [2.45, 2.75) is 96.8 Å². The molecule has 31 heavy (non-hydrogen) atoms. The number of aliphatic carboxylic acids is 3. The maximum Gasteiger partial charge on any atom is 0.303 e. The summed E-state index contributed by atoms with van der Waals surface area (Å²) in [5.74, 6) is -2.62. The van der Waals surface area contributed by atoms with Crippen LogP contribution in [0.1, 0.15) is 96.8 Å². The number of unbranched alkanes of at least 4 members (excludes halogenated alkanes) is 7. The van der Waals surface area contributed by atoms with Crippen LogP contribution in [-0.4, -0.2) is 58.8 Å². The first kappa shape index (κ1) is 29.1. The number of hydrogen-bond donors (Lipinski definition) is 2. The Labute approximate surface area is 187 Å². The lowest BCUT2D eigenvalue weighted by Crippen LogP contribution is -2.50. The second-order valence-corrected chi connectivity index (χ2v) is 8.55. The molecule has 0 aliphatic heterocycles. The summed E-state index contributed by atoms with van der Waals surface area (Å²) < 4.78 is 0.762. The molecule has 2 N–H and O–H groups in total. The predicted molar refractivity (Wildman–Crippen MR) is 119 cm³/mol. The molecule has 0 radical (unpaired) electrons. The van der Waals surface area contributed by atoms with Gasteiger partial charge < -0.3 is 24.6 Å². The largest absolute Gasteiger partial charge is 0.550 e. The van der Waals surface area contributed by atoms with Crippen LogP contribution in [0, 0.1) is 0 Å². The third kappa shape index (κ3) is 18.6. The van der Waals surface area contributed by atoms with Crippen molar-refractivity contribution in [1.82, 2.24) is 0 Å². The van der Waals surface area contributed by atoms with Crippen molar-refractivity contribution in [3.63, 3.8) is 0 Å². The number of quaternary nitrogens is 1. The summed E-state index contributed by atoms with van der Waals surface area (Å²) in [5, 5.41) is 28.6. The molecule has 0 aromatic rings. The van der Waals surface area contributed by atoms with Gasteiger partial charge in [0.05, 0.1) is 26.2 Å². The van der Waals surface area contributed by atoms with E-state index in [1.54, 1.807) is 0 Å². The highest BCUT2D eigenvalue weighted by Gasteiger charge is 2.25. The van der Waals surface area contributed by atoms with Gasteiger partial charge in [-0.3, -0.25) is 9.59 Å². The lowest BCUT2D eigenvalue weighted by atomic mass is 10.1. The minimum Gasteiger partial charge on any atom is -0.550 e. The van der Waals surface area contributed by atoms with E-state index in [9.17, 15) is 19.5 Å². The number of carbonyl (C=O) groups excluding carboxylic acids is 1. The Bertz CT molecular complexity index is 477. The average Bonchev–Trinajstić information content (AvgIpc) is 2.70. The second kappa shape index (κ2) is 18.8. The maximum atomic E-state index is 10.9. The summed E-state index contributed by atoms with van der Waals surface area (Å²) in [6, 6.07) is 0. The Kier molecular flexibility index (Phi) is 17.7. The standard InChI is InChI=1S/C24H43NO6/c1-2-3-4-5-6-7-11-18-25(19-12-8-15-22(26)27,20-13-9-16-23(28)29)21-14-10-17-24(30)31/h7,11H,2-6,8-10,12-21H2,1H3,(H2-,26,27,28,29,30,31)/b11-7+. The van der Waals surface area contributed by atoms with E-state index in [0.29, 0.717) is 19.3 Å². The summed E-state index contributed by atoms with van der Waals surface area (Å²) >= 11 is 0. The van der Waals surface area contributed by atoms with E-state index in [2.05, 4.69) is 19.1 Å². The van der Waals surface area contributed by atoms with Crippen LogP contribution in [0.5, 0.6) is 0 Å². The first-order valence-electron chi connectivity index (χ1n) is 11.9. The summed E-state index contributed by atoms with van der Waals surface area (Å²) in [7, 11) is 0. The molecule has 0 heterocycles. The quantitative estimate of drug-likeness (QED) is 0.150. The molecule has 0 amide bonds. The van der Waals surface area contributed by atoms with Gasteiger partial charge in [-0.2, -0.15) is 0 Å². The number of carboxylic acid groups (broad SMARTS) is 3. The summed E-state index contributed by atoms with van der Waals surface area (Å²) in [6.07, 6.45) is 14.8. The third-order valence-electron chi connectivity index (χ3n) is 5.69. The first-order valence-corrected chi connectivity index (χ1v) is 11.9. The second-order valence-electron chi connectivity index (χ2n) is 8.55. The van der Waals surface area contributed by atoms with Gasteiger partial charge in [0.15, 0.2) is 0 Å². The summed E-state index contributed by atoms with van der Waals surface area (Å²) in [5.41, 5.74) is 0. The van der Waals surface area contributed by atoms with Gasteiger partial charge in [-0.05, 0) is 63.9 Å².